The van der Waals surface area contributed by atoms with E-state index in [-0.39, 0.29) is 26.2 Å². The van der Waals surface area contributed by atoms with E-state index in [9.17, 15) is 4.79 Å². The molecule has 0 saturated heterocycles. The van der Waals surface area contributed by atoms with Crippen LogP contribution in [0.5, 0.6) is 0 Å². The predicted molar refractivity (Wildman–Crippen MR) is 42.8 cm³/mol. The summed E-state index contributed by atoms with van der Waals surface area (Å²) in [6.45, 7) is 1.42. The molecule has 0 saturated carbocycles. The molecular formula is C7H15NO4. The number of aliphatic hydroxyl groups excluding tert-OH is 2. The van der Waals surface area contributed by atoms with Crippen LogP contribution in [-0.2, 0) is 4.79 Å². The summed E-state index contributed by atoms with van der Waals surface area (Å²) in [5, 5.41) is 28.6. The van der Waals surface area contributed by atoms with Gasteiger partial charge in [-0.05, 0) is 6.92 Å². The topological polar surface area (TPSA) is 89.8 Å². The first-order valence-electron chi connectivity index (χ1n) is 3.72. The van der Waals surface area contributed by atoms with Crippen LogP contribution in [0.2, 0.25) is 0 Å². The van der Waals surface area contributed by atoms with Gasteiger partial charge in [0.1, 0.15) is 0 Å². The highest BCUT2D eigenvalue weighted by Gasteiger charge is 2.20. The molecule has 0 atom stereocenters. The van der Waals surface area contributed by atoms with E-state index in [1.54, 1.807) is 6.92 Å². The van der Waals surface area contributed by atoms with Crippen LogP contribution in [0.1, 0.15) is 13.3 Å². The second kappa shape index (κ2) is 5.08. The second-order valence-electron chi connectivity index (χ2n) is 2.95. The SMILES string of the molecule is CC(CO)(CO)NCCC(=O)O. The third-order valence-corrected chi connectivity index (χ3v) is 1.59. The largest absolute Gasteiger partial charge is 0.481 e. The monoisotopic (exact) mass is 177 g/mol. The fraction of sp³-hybridized carbons (Fsp3) is 0.857. The van der Waals surface area contributed by atoms with Gasteiger partial charge >= 0.3 is 5.97 Å². The van der Waals surface area contributed by atoms with E-state index in [2.05, 4.69) is 5.32 Å². The Morgan fingerprint density at radius 2 is 1.92 bits per heavy atom. The summed E-state index contributed by atoms with van der Waals surface area (Å²) in [6.07, 6.45) is -0.0183. The van der Waals surface area contributed by atoms with E-state index >= 15 is 0 Å². The predicted octanol–water partition coefficient (Wildman–Crippen LogP) is -1.21. The minimum atomic E-state index is -0.902. The Labute approximate surface area is 71.0 Å². The number of carboxylic acids is 1. The maximum absolute atomic E-state index is 10.1. The maximum atomic E-state index is 10.1. The van der Waals surface area contributed by atoms with Crippen molar-refractivity contribution in [1.29, 1.82) is 0 Å². The quantitative estimate of drug-likeness (QED) is 0.409. The Hall–Kier alpha value is -0.650. The van der Waals surface area contributed by atoms with Crippen LogP contribution in [0.4, 0.5) is 0 Å². The molecule has 0 bridgehead atoms. The van der Waals surface area contributed by atoms with Gasteiger partial charge in [0.15, 0.2) is 0 Å². The van der Waals surface area contributed by atoms with Crippen LogP contribution in [0.15, 0.2) is 0 Å². The number of carboxylic acid groups (broad SMARTS) is 1. The number of hydrogen-bond donors (Lipinski definition) is 4. The number of rotatable bonds is 6. The zero-order valence-electron chi connectivity index (χ0n) is 7.08. The average Bonchev–Trinajstić information content (AvgIpc) is 2.03. The van der Waals surface area contributed by atoms with Gasteiger partial charge in [0.05, 0.1) is 25.2 Å². The lowest BCUT2D eigenvalue weighted by atomic mass is 10.1. The second-order valence-corrected chi connectivity index (χ2v) is 2.95. The first-order valence-corrected chi connectivity index (χ1v) is 3.72. The summed E-state index contributed by atoms with van der Waals surface area (Å²) >= 11 is 0. The van der Waals surface area contributed by atoms with Gasteiger partial charge in [0.25, 0.3) is 0 Å². The molecule has 5 nitrogen and oxygen atoms in total. The lowest BCUT2D eigenvalue weighted by molar-refractivity contribution is -0.137. The Balaban J connectivity index is 3.65. The molecule has 4 N–H and O–H groups in total. The van der Waals surface area contributed by atoms with Gasteiger partial charge in [-0.25, -0.2) is 0 Å². The summed E-state index contributed by atoms with van der Waals surface area (Å²) in [4.78, 5) is 10.1. The van der Waals surface area contributed by atoms with Gasteiger partial charge in [0.2, 0.25) is 0 Å². The molecule has 0 aliphatic rings. The Bertz CT molecular complexity index is 144. The lowest BCUT2D eigenvalue weighted by Gasteiger charge is -2.25. The van der Waals surface area contributed by atoms with Gasteiger partial charge in [-0.3, -0.25) is 4.79 Å². The molecule has 0 aromatic carbocycles. The van der Waals surface area contributed by atoms with Crippen LogP contribution in [0.3, 0.4) is 0 Å². The van der Waals surface area contributed by atoms with Crippen molar-refractivity contribution in [3.8, 4) is 0 Å². The highest BCUT2D eigenvalue weighted by molar-refractivity contribution is 5.66. The smallest absolute Gasteiger partial charge is 0.304 e. The van der Waals surface area contributed by atoms with Crippen molar-refractivity contribution in [2.75, 3.05) is 19.8 Å². The normalized spacial score (nSPS) is 11.6. The van der Waals surface area contributed by atoms with Crippen molar-refractivity contribution in [3.63, 3.8) is 0 Å². The minimum absolute atomic E-state index is 0.0183. The number of carbonyl (C=O) groups is 1. The Morgan fingerprint density at radius 3 is 2.25 bits per heavy atom. The third-order valence-electron chi connectivity index (χ3n) is 1.59. The standard InChI is InChI=1S/C7H15NO4/c1-7(4-9,5-10)8-3-2-6(11)12/h8-10H,2-5H2,1H3,(H,11,12). The van der Waals surface area contributed by atoms with Crippen molar-refractivity contribution in [3.05, 3.63) is 0 Å². The van der Waals surface area contributed by atoms with Gasteiger partial charge in [-0.15, -0.1) is 0 Å². The van der Waals surface area contributed by atoms with Crippen LogP contribution in [0.25, 0.3) is 0 Å². The van der Waals surface area contributed by atoms with Crippen molar-refractivity contribution >= 4 is 5.97 Å². The van der Waals surface area contributed by atoms with E-state index in [1.807, 2.05) is 0 Å². The maximum Gasteiger partial charge on any atom is 0.304 e. The lowest BCUT2D eigenvalue weighted by Crippen LogP contribution is -2.49. The zero-order valence-corrected chi connectivity index (χ0v) is 7.08. The summed E-state index contributed by atoms with van der Waals surface area (Å²) < 4.78 is 0. The first kappa shape index (κ1) is 11.4. The molecule has 12 heavy (non-hydrogen) atoms. The fourth-order valence-electron chi connectivity index (χ4n) is 0.633. The van der Waals surface area contributed by atoms with E-state index in [1.165, 1.54) is 0 Å². The van der Waals surface area contributed by atoms with E-state index in [4.69, 9.17) is 15.3 Å². The number of hydrogen-bond acceptors (Lipinski definition) is 4. The van der Waals surface area contributed by atoms with Crippen LogP contribution < -0.4 is 5.32 Å². The van der Waals surface area contributed by atoms with Crippen molar-refractivity contribution < 1.29 is 20.1 Å². The summed E-state index contributed by atoms with van der Waals surface area (Å²) in [7, 11) is 0. The molecule has 5 heteroatoms. The van der Waals surface area contributed by atoms with Gasteiger partial charge in [0, 0.05) is 6.54 Å². The molecule has 0 aromatic heterocycles. The molecule has 0 aliphatic heterocycles. The van der Waals surface area contributed by atoms with Crippen molar-refractivity contribution in [1.82, 2.24) is 5.32 Å². The Kier molecular flexibility index (Phi) is 4.80. The van der Waals surface area contributed by atoms with Crippen LogP contribution >= 0.6 is 0 Å². The highest BCUT2D eigenvalue weighted by atomic mass is 16.4. The fourth-order valence-corrected chi connectivity index (χ4v) is 0.633. The van der Waals surface area contributed by atoms with Gasteiger partial charge < -0.3 is 20.6 Å². The van der Waals surface area contributed by atoms with E-state index < -0.39 is 11.5 Å². The first-order chi connectivity index (χ1) is 5.54. The van der Waals surface area contributed by atoms with Gasteiger partial charge in [-0.1, -0.05) is 0 Å². The molecule has 72 valence electrons. The zero-order chi connectivity index (χ0) is 9.61. The third kappa shape index (κ3) is 4.27. The average molecular weight is 177 g/mol. The number of aliphatic hydroxyl groups is 2. The summed E-state index contributed by atoms with van der Waals surface area (Å²) in [5.74, 6) is -0.902. The van der Waals surface area contributed by atoms with E-state index in [0.717, 1.165) is 0 Å². The van der Waals surface area contributed by atoms with Gasteiger partial charge in [-0.2, -0.15) is 0 Å². The molecule has 0 spiro atoms. The molecular weight excluding hydrogens is 162 g/mol. The van der Waals surface area contributed by atoms with Crippen LogP contribution in [0, 0.1) is 0 Å². The van der Waals surface area contributed by atoms with Crippen molar-refractivity contribution in [2.45, 2.75) is 18.9 Å². The molecule has 0 heterocycles. The highest BCUT2D eigenvalue weighted by Crippen LogP contribution is 1.99. The van der Waals surface area contributed by atoms with E-state index in [0.29, 0.717) is 0 Å². The summed E-state index contributed by atoms with van der Waals surface area (Å²) in [5.41, 5.74) is -0.782. The molecule has 0 aromatic rings. The molecule has 0 rings (SSSR count). The molecule has 0 fully saturated rings. The number of aliphatic carboxylic acids is 1. The summed E-state index contributed by atoms with van der Waals surface area (Å²) in [6, 6.07) is 0. The molecule has 0 radical (unpaired) electrons. The number of nitrogens with one attached hydrogen (secondary N) is 1. The Morgan fingerprint density at radius 1 is 1.42 bits per heavy atom. The minimum Gasteiger partial charge on any atom is -0.481 e. The van der Waals surface area contributed by atoms with Crippen molar-refractivity contribution in [2.24, 2.45) is 0 Å². The molecule has 0 unspecified atom stereocenters. The molecule has 0 aliphatic carbocycles. The van der Waals surface area contributed by atoms with Crippen LogP contribution in [-0.4, -0.2) is 46.6 Å². The molecule has 0 amide bonds.